The third kappa shape index (κ3) is 4.78. The number of hydrogen-bond donors (Lipinski definition) is 1. The molecule has 1 amide bonds. The van der Waals surface area contributed by atoms with Crippen molar-refractivity contribution < 1.29 is 9.53 Å². The molecule has 0 saturated carbocycles. The van der Waals surface area contributed by atoms with E-state index in [2.05, 4.69) is 15.3 Å². The number of benzene rings is 2. The highest BCUT2D eigenvalue weighted by atomic mass is 35.5. The Morgan fingerprint density at radius 2 is 1.76 bits per heavy atom. The number of hydrogen-bond acceptors (Lipinski definition) is 6. The van der Waals surface area contributed by atoms with Crippen molar-refractivity contribution in [1.29, 1.82) is 0 Å². The number of halogens is 1. The van der Waals surface area contributed by atoms with Crippen LogP contribution >= 0.6 is 11.6 Å². The molecule has 0 fully saturated rings. The minimum absolute atomic E-state index is 0.0157. The van der Waals surface area contributed by atoms with Gasteiger partial charge in [-0.05, 0) is 42.8 Å². The number of anilines is 1. The van der Waals surface area contributed by atoms with Crippen LogP contribution in [0.3, 0.4) is 0 Å². The highest BCUT2D eigenvalue weighted by Gasteiger charge is 2.18. The van der Waals surface area contributed by atoms with Gasteiger partial charge in [-0.25, -0.2) is 14.8 Å². The van der Waals surface area contributed by atoms with Gasteiger partial charge in [0.05, 0.1) is 13.2 Å². The van der Waals surface area contributed by atoms with Crippen LogP contribution in [0.25, 0.3) is 11.2 Å². The van der Waals surface area contributed by atoms with Crippen LogP contribution in [-0.2, 0) is 17.9 Å². The van der Waals surface area contributed by atoms with E-state index in [4.69, 9.17) is 16.3 Å². The van der Waals surface area contributed by atoms with Crippen LogP contribution in [0.1, 0.15) is 12.5 Å². The summed E-state index contributed by atoms with van der Waals surface area (Å²) in [5.41, 5.74) is -0.146. The molecule has 0 unspecified atom stereocenters. The van der Waals surface area contributed by atoms with E-state index in [1.807, 2.05) is 6.92 Å². The fourth-order valence-electron chi connectivity index (χ4n) is 3.35. The highest BCUT2D eigenvalue weighted by molar-refractivity contribution is 6.31. The van der Waals surface area contributed by atoms with E-state index in [0.29, 0.717) is 28.6 Å². The lowest BCUT2D eigenvalue weighted by Gasteiger charge is -2.13. The van der Waals surface area contributed by atoms with Crippen molar-refractivity contribution in [2.24, 2.45) is 0 Å². The molecule has 33 heavy (non-hydrogen) atoms. The maximum Gasteiger partial charge on any atom is 0.333 e. The Morgan fingerprint density at radius 3 is 2.48 bits per heavy atom. The molecule has 1 N–H and O–H groups in total. The molecule has 10 heteroatoms. The van der Waals surface area contributed by atoms with Gasteiger partial charge in [0.2, 0.25) is 5.91 Å². The molecule has 4 rings (SSSR count). The molecule has 0 atom stereocenters. The summed E-state index contributed by atoms with van der Waals surface area (Å²) in [4.78, 5) is 47.2. The minimum Gasteiger partial charge on any atom is -0.494 e. The summed E-state index contributed by atoms with van der Waals surface area (Å²) in [6.45, 7) is 1.99. The van der Waals surface area contributed by atoms with Gasteiger partial charge < -0.3 is 10.1 Å². The van der Waals surface area contributed by atoms with Gasteiger partial charge in [-0.3, -0.25) is 18.7 Å². The van der Waals surface area contributed by atoms with Crippen LogP contribution in [0.2, 0.25) is 5.02 Å². The predicted molar refractivity (Wildman–Crippen MR) is 125 cm³/mol. The van der Waals surface area contributed by atoms with Crippen molar-refractivity contribution in [3.8, 4) is 5.75 Å². The summed E-state index contributed by atoms with van der Waals surface area (Å²) in [5.74, 6) is 0.218. The largest absolute Gasteiger partial charge is 0.494 e. The van der Waals surface area contributed by atoms with Gasteiger partial charge in [-0.1, -0.05) is 29.8 Å². The van der Waals surface area contributed by atoms with E-state index in [-0.39, 0.29) is 24.3 Å². The van der Waals surface area contributed by atoms with Crippen LogP contribution in [0, 0.1) is 0 Å². The molecule has 0 aliphatic carbocycles. The van der Waals surface area contributed by atoms with Gasteiger partial charge in [0.1, 0.15) is 12.3 Å². The summed E-state index contributed by atoms with van der Waals surface area (Å²) in [7, 11) is 0. The van der Waals surface area contributed by atoms with Crippen molar-refractivity contribution in [3.05, 3.63) is 92.3 Å². The molecule has 0 aliphatic heterocycles. The van der Waals surface area contributed by atoms with E-state index in [9.17, 15) is 14.4 Å². The summed E-state index contributed by atoms with van der Waals surface area (Å²) in [6.07, 6.45) is 2.72. The molecule has 168 valence electrons. The molecule has 2 aromatic carbocycles. The lowest BCUT2D eigenvalue weighted by atomic mass is 10.2. The predicted octanol–water partition coefficient (Wildman–Crippen LogP) is 2.69. The van der Waals surface area contributed by atoms with Crippen LogP contribution in [0.5, 0.6) is 5.75 Å². The third-order valence-electron chi connectivity index (χ3n) is 4.88. The van der Waals surface area contributed by atoms with E-state index in [0.717, 1.165) is 9.13 Å². The molecule has 0 aliphatic rings. The van der Waals surface area contributed by atoms with E-state index in [1.54, 1.807) is 48.5 Å². The van der Waals surface area contributed by atoms with Crippen molar-refractivity contribution >= 4 is 34.4 Å². The lowest BCUT2D eigenvalue weighted by Crippen LogP contribution is -2.42. The summed E-state index contributed by atoms with van der Waals surface area (Å²) in [6, 6.07) is 13.8. The number of ether oxygens (including phenoxy) is 1. The average Bonchev–Trinajstić information content (AvgIpc) is 2.82. The zero-order valence-electron chi connectivity index (χ0n) is 17.7. The van der Waals surface area contributed by atoms with Gasteiger partial charge in [-0.2, -0.15) is 0 Å². The standard InChI is InChI=1S/C23H20ClN5O4/c1-2-33-17-9-7-16(8-10-17)27-19(30)14-28-21-20(25-11-12-26-21)22(31)29(23(28)32)13-15-5-3-4-6-18(15)24/h3-12H,2,13-14H2,1H3,(H,27,30). The average molecular weight is 466 g/mol. The first kappa shape index (κ1) is 22.2. The molecule has 0 radical (unpaired) electrons. The van der Waals surface area contributed by atoms with Crippen LogP contribution in [0.15, 0.2) is 70.5 Å². The smallest absolute Gasteiger partial charge is 0.333 e. The number of amides is 1. The minimum atomic E-state index is -0.685. The zero-order chi connectivity index (χ0) is 23.4. The second kappa shape index (κ2) is 9.66. The molecule has 2 aromatic heterocycles. The highest BCUT2D eigenvalue weighted by Crippen LogP contribution is 2.17. The Kier molecular flexibility index (Phi) is 6.50. The zero-order valence-corrected chi connectivity index (χ0v) is 18.5. The molecule has 4 aromatic rings. The Morgan fingerprint density at radius 1 is 1.03 bits per heavy atom. The summed E-state index contributed by atoms with van der Waals surface area (Å²) >= 11 is 6.22. The van der Waals surface area contributed by atoms with E-state index >= 15 is 0 Å². The quantitative estimate of drug-likeness (QED) is 0.449. The van der Waals surface area contributed by atoms with Crippen LogP contribution < -0.4 is 21.3 Å². The molecular formula is C23H20ClN5O4. The second-order valence-electron chi connectivity index (χ2n) is 7.09. The molecule has 0 spiro atoms. The first-order valence-electron chi connectivity index (χ1n) is 10.2. The SMILES string of the molecule is CCOc1ccc(NC(=O)Cn2c(=O)n(Cc3ccccc3Cl)c(=O)c3nccnc32)cc1. The first-order valence-corrected chi connectivity index (χ1v) is 10.6. The number of aromatic nitrogens is 4. The number of carbonyl (C=O) groups excluding carboxylic acids is 1. The van der Waals surface area contributed by atoms with Crippen LogP contribution in [0.4, 0.5) is 5.69 Å². The Bertz CT molecular complexity index is 1430. The Balaban J connectivity index is 1.69. The van der Waals surface area contributed by atoms with Gasteiger partial charge in [-0.15, -0.1) is 0 Å². The topological polar surface area (TPSA) is 108 Å². The van der Waals surface area contributed by atoms with Gasteiger partial charge in [0.15, 0.2) is 11.2 Å². The normalized spacial score (nSPS) is 10.8. The number of nitrogens with one attached hydrogen (secondary N) is 1. The molecular weight excluding hydrogens is 446 g/mol. The fraction of sp³-hybridized carbons (Fsp3) is 0.174. The molecule has 0 bridgehead atoms. The summed E-state index contributed by atoms with van der Waals surface area (Å²) in [5, 5.41) is 3.15. The molecule has 9 nitrogen and oxygen atoms in total. The van der Waals surface area contributed by atoms with Crippen molar-refractivity contribution in [2.45, 2.75) is 20.0 Å². The number of fused-ring (bicyclic) bond motifs is 1. The second-order valence-corrected chi connectivity index (χ2v) is 7.49. The molecule has 0 saturated heterocycles. The summed E-state index contributed by atoms with van der Waals surface area (Å²) < 4.78 is 7.52. The van der Waals surface area contributed by atoms with E-state index in [1.165, 1.54) is 12.4 Å². The van der Waals surface area contributed by atoms with Crippen molar-refractivity contribution in [1.82, 2.24) is 19.1 Å². The number of nitrogens with zero attached hydrogens (tertiary/aromatic N) is 4. The molecule has 2 heterocycles. The van der Waals surface area contributed by atoms with Crippen LogP contribution in [-0.4, -0.2) is 31.6 Å². The Labute approximate surface area is 193 Å². The maximum absolute atomic E-state index is 13.2. The Hall–Kier alpha value is -3.98. The van der Waals surface area contributed by atoms with Gasteiger partial charge in [0.25, 0.3) is 5.56 Å². The third-order valence-corrected chi connectivity index (χ3v) is 5.25. The van der Waals surface area contributed by atoms with Crippen molar-refractivity contribution in [3.63, 3.8) is 0 Å². The lowest BCUT2D eigenvalue weighted by molar-refractivity contribution is -0.116. The fourth-order valence-corrected chi connectivity index (χ4v) is 3.55. The maximum atomic E-state index is 13.2. The van der Waals surface area contributed by atoms with Crippen molar-refractivity contribution in [2.75, 3.05) is 11.9 Å². The number of carbonyl (C=O) groups is 1. The number of rotatable bonds is 7. The monoisotopic (exact) mass is 465 g/mol. The van der Waals surface area contributed by atoms with Gasteiger partial charge in [0, 0.05) is 23.1 Å². The first-order chi connectivity index (χ1) is 16.0. The van der Waals surface area contributed by atoms with Gasteiger partial charge >= 0.3 is 5.69 Å². The van der Waals surface area contributed by atoms with E-state index < -0.39 is 17.2 Å².